The Hall–Kier alpha value is -2.59. The maximum atomic E-state index is 5.94. The predicted octanol–water partition coefficient (Wildman–Crippen LogP) is 5.50. The summed E-state index contributed by atoms with van der Waals surface area (Å²) in [5.41, 5.74) is 14.4. The van der Waals surface area contributed by atoms with Crippen molar-refractivity contribution in [2.45, 2.75) is 32.6 Å². The van der Waals surface area contributed by atoms with Crippen LogP contribution in [-0.4, -0.2) is 9.38 Å². The summed E-state index contributed by atoms with van der Waals surface area (Å²) in [6.45, 7) is 2.19. The zero-order valence-electron chi connectivity index (χ0n) is 14.8. The average Bonchev–Trinajstić information content (AvgIpc) is 3.18. The van der Waals surface area contributed by atoms with E-state index in [0.29, 0.717) is 0 Å². The molecule has 0 aliphatic heterocycles. The zero-order chi connectivity index (χ0) is 17.7. The molecule has 2 aromatic heterocycles. The van der Waals surface area contributed by atoms with Gasteiger partial charge in [0, 0.05) is 22.3 Å². The van der Waals surface area contributed by atoms with Gasteiger partial charge in [-0.05, 0) is 67.5 Å². The number of anilines is 1. The van der Waals surface area contributed by atoms with Crippen LogP contribution in [-0.2, 0) is 12.8 Å². The third-order valence-corrected chi connectivity index (χ3v) is 6.27. The molecule has 0 saturated carbocycles. The van der Waals surface area contributed by atoms with Crippen LogP contribution in [0.2, 0.25) is 0 Å². The van der Waals surface area contributed by atoms with Gasteiger partial charge in [0.25, 0.3) is 0 Å². The van der Waals surface area contributed by atoms with Crippen molar-refractivity contribution in [1.29, 1.82) is 0 Å². The number of nitrogens with two attached hydrogens (primary N) is 1. The molecule has 130 valence electrons. The minimum atomic E-state index is 0.768. The number of hydrogen-bond acceptors (Lipinski definition) is 3. The average molecular weight is 359 g/mol. The van der Waals surface area contributed by atoms with E-state index in [1.54, 1.807) is 11.3 Å². The second-order valence-corrected chi connectivity index (χ2v) is 8.28. The first kappa shape index (κ1) is 15.6. The first-order valence-corrected chi connectivity index (χ1v) is 9.97. The number of thiazole rings is 1. The third-order valence-electron chi connectivity index (χ3n) is 5.30. The van der Waals surface area contributed by atoms with Gasteiger partial charge in [-0.15, -0.1) is 11.3 Å². The highest BCUT2D eigenvalue weighted by molar-refractivity contribution is 7.17. The molecule has 0 unspecified atom stereocenters. The van der Waals surface area contributed by atoms with Crippen molar-refractivity contribution in [1.82, 2.24) is 9.38 Å². The fourth-order valence-corrected chi connectivity index (χ4v) is 4.98. The van der Waals surface area contributed by atoms with Gasteiger partial charge in [0.1, 0.15) is 0 Å². The summed E-state index contributed by atoms with van der Waals surface area (Å²) in [6, 6.07) is 14.9. The molecular weight excluding hydrogens is 338 g/mol. The van der Waals surface area contributed by atoms with Crippen LogP contribution in [0.1, 0.15) is 28.8 Å². The molecule has 3 nitrogen and oxygen atoms in total. The number of fused-ring (bicyclic) bond motifs is 2. The van der Waals surface area contributed by atoms with E-state index in [9.17, 15) is 0 Å². The van der Waals surface area contributed by atoms with Gasteiger partial charge in [-0.25, -0.2) is 4.98 Å². The Morgan fingerprint density at radius 2 is 1.85 bits per heavy atom. The standard InChI is InChI=1S/C22H21N3S/c1-14-21(18-10-9-15-5-2-3-6-16(15)11-18)25-13-20(24-22(25)26-14)17-7-4-8-19(23)12-17/h4,7-13H,2-3,5-6,23H2,1H3. The number of aromatic nitrogens is 2. The summed E-state index contributed by atoms with van der Waals surface area (Å²) in [5.74, 6) is 0. The van der Waals surface area contributed by atoms with Crippen LogP contribution in [0.4, 0.5) is 5.69 Å². The Morgan fingerprint density at radius 1 is 1.00 bits per heavy atom. The molecular formula is C22H21N3S. The molecule has 0 saturated heterocycles. The van der Waals surface area contributed by atoms with Gasteiger partial charge in [0.05, 0.1) is 11.4 Å². The lowest BCUT2D eigenvalue weighted by Gasteiger charge is -2.16. The van der Waals surface area contributed by atoms with E-state index >= 15 is 0 Å². The van der Waals surface area contributed by atoms with E-state index in [4.69, 9.17) is 10.7 Å². The highest BCUT2D eigenvalue weighted by Crippen LogP contribution is 2.35. The van der Waals surface area contributed by atoms with E-state index in [-0.39, 0.29) is 0 Å². The minimum Gasteiger partial charge on any atom is -0.399 e. The zero-order valence-corrected chi connectivity index (χ0v) is 15.6. The SMILES string of the molecule is Cc1sc2nc(-c3cccc(N)c3)cn2c1-c1ccc2c(c1)CCCC2. The smallest absolute Gasteiger partial charge is 0.194 e. The number of rotatable bonds is 2. The molecule has 2 aromatic carbocycles. The number of nitrogen functional groups attached to an aromatic ring is 1. The Morgan fingerprint density at radius 3 is 2.69 bits per heavy atom. The lowest BCUT2D eigenvalue weighted by molar-refractivity contribution is 0.686. The monoisotopic (exact) mass is 359 g/mol. The molecule has 0 spiro atoms. The highest BCUT2D eigenvalue weighted by atomic mass is 32.1. The van der Waals surface area contributed by atoms with Crippen LogP contribution in [0.15, 0.2) is 48.7 Å². The van der Waals surface area contributed by atoms with Gasteiger partial charge in [-0.3, -0.25) is 4.40 Å². The van der Waals surface area contributed by atoms with Gasteiger partial charge in [0.15, 0.2) is 4.96 Å². The predicted molar refractivity (Wildman–Crippen MR) is 110 cm³/mol. The molecule has 0 bridgehead atoms. The van der Waals surface area contributed by atoms with Gasteiger partial charge in [0.2, 0.25) is 0 Å². The first-order valence-electron chi connectivity index (χ1n) is 9.15. The van der Waals surface area contributed by atoms with Crippen LogP contribution >= 0.6 is 11.3 Å². The lowest BCUT2D eigenvalue weighted by atomic mass is 9.90. The largest absolute Gasteiger partial charge is 0.399 e. The molecule has 1 aliphatic rings. The number of imidazole rings is 1. The summed E-state index contributed by atoms with van der Waals surface area (Å²) in [7, 11) is 0. The summed E-state index contributed by atoms with van der Waals surface area (Å²) in [4.78, 5) is 7.19. The third kappa shape index (κ3) is 2.53. The summed E-state index contributed by atoms with van der Waals surface area (Å²) >= 11 is 1.75. The van der Waals surface area contributed by atoms with Crippen molar-refractivity contribution in [3.8, 4) is 22.5 Å². The fourth-order valence-electron chi connectivity index (χ4n) is 4.01. The lowest BCUT2D eigenvalue weighted by Crippen LogP contribution is -2.02. The topological polar surface area (TPSA) is 43.3 Å². The van der Waals surface area contributed by atoms with Crippen molar-refractivity contribution in [3.63, 3.8) is 0 Å². The molecule has 5 rings (SSSR count). The Kier molecular flexibility index (Phi) is 3.61. The number of benzene rings is 2. The van der Waals surface area contributed by atoms with Gasteiger partial charge in [-0.1, -0.05) is 24.3 Å². The summed E-state index contributed by atoms with van der Waals surface area (Å²) in [6.07, 6.45) is 7.19. The minimum absolute atomic E-state index is 0.768. The van der Waals surface area contributed by atoms with Crippen molar-refractivity contribution in [2.24, 2.45) is 0 Å². The molecule has 4 heteroatoms. The van der Waals surface area contributed by atoms with Crippen LogP contribution < -0.4 is 5.73 Å². The Labute approximate surface area is 157 Å². The maximum absolute atomic E-state index is 5.94. The van der Waals surface area contributed by atoms with Crippen molar-refractivity contribution in [2.75, 3.05) is 5.73 Å². The van der Waals surface area contributed by atoms with E-state index < -0.39 is 0 Å². The fraction of sp³-hybridized carbons (Fsp3) is 0.227. The Bertz CT molecular complexity index is 1120. The highest BCUT2D eigenvalue weighted by Gasteiger charge is 2.17. The van der Waals surface area contributed by atoms with E-state index in [2.05, 4.69) is 41.8 Å². The summed E-state index contributed by atoms with van der Waals surface area (Å²) in [5, 5.41) is 0. The van der Waals surface area contributed by atoms with E-state index in [1.165, 1.54) is 52.9 Å². The Balaban J connectivity index is 1.65. The van der Waals surface area contributed by atoms with Crippen molar-refractivity contribution in [3.05, 3.63) is 64.7 Å². The second kappa shape index (κ2) is 5.99. The molecule has 1 aliphatic carbocycles. The molecule has 26 heavy (non-hydrogen) atoms. The number of aryl methyl sites for hydroxylation is 3. The van der Waals surface area contributed by atoms with Gasteiger partial charge < -0.3 is 5.73 Å². The first-order chi connectivity index (χ1) is 12.7. The van der Waals surface area contributed by atoms with E-state index in [1.807, 2.05) is 18.2 Å². The molecule has 0 amide bonds. The second-order valence-electron chi connectivity index (χ2n) is 7.10. The molecule has 2 heterocycles. The van der Waals surface area contributed by atoms with Crippen molar-refractivity contribution >= 4 is 22.0 Å². The summed E-state index contributed by atoms with van der Waals surface area (Å²) < 4.78 is 2.24. The van der Waals surface area contributed by atoms with Crippen LogP contribution in [0.3, 0.4) is 0 Å². The van der Waals surface area contributed by atoms with E-state index in [0.717, 1.165) is 21.9 Å². The molecule has 2 N–H and O–H groups in total. The quantitative estimate of drug-likeness (QED) is 0.480. The van der Waals surface area contributed by atoms with Gasteiger partial charge in [-0.2, -0.15) is 0 Å². The van der Waals surface area contributed by atoms with Crippen LogP contribution in [0, 0.1) is 6.92 Å². The molecule has 0 radical (unpaired) electrons. The normalized spacial score (nSPS) is 13.9. The molecule has 4 aromatic rings. The number of nitrogens with zero attached hydrogens (tertiary/aromatic N) is 2. The van der Waals surface area contributed by atoms with Crippen LogP contribution in [0.5, 0.6) is 0 Å². The number of hydrogen-bond donors (Lipinski definition) is 1. The maximum Gasteiger partial charge on any atom is 0.194 e. The van der Waals surface area contributed by atoms with Crippen LogP contribution in [0.25, 0.3) is 27.5 Å². The van der Waals surface area contributed by atoms with Crippen molar-refractivity contribution < 1.29 is 0 Å². The molecule has 0 fully saturated rings. The molecule has 0 atom stereocenters. The van der Waals surface area contributed by atoms with Gasteiger partial charge >= 0.3 is 0 Å².